The van der Waals surface area contributed by atoms with Gasteiger partial charge in [-0.2, -0.15) is 13.2 Å². The van der Waals surface area contributed by atoms with E-state index in [1.807, 2.05) is 11.5 Å². The maximum Gasteiger partial charge on any atom is 0.416 e. The molecule has 0 saturated carbocycles. The number of carbonyl (C=O) groups excluding carboxylic acids is 1. The minimum Gasteiger partial charge on any atom is -0.333 e. The van der Waals surface area contributed by atoms with E-state index in [-0.39, 0.29) is 24.7 Å². The van der Waals surface area contributed by atoms with Crippen molar-refractivity contribution in [3.05, 3.63) is 59.4 Å². The highest BCUT2D eigenvalue weighted by atomic mass is 19.4. The van der Waals surface area contributed by atoms with Gasteiger partial charge in [0.1, 0.15) is 6.33 Å². The van der Waals surface area contributed by atoms with Crippen LogP contribution in [0.25, 0.3) is 0 Å². The molecule has 0 spiro atoms. The zero-order valence-corrected chi connectivity index (χ0v) is 15.3. The Labute approximate surface area is 158 Å². The molecular weight excluding hydrogens is 375 g/mol. The van der Waals surface area contributed by atoms with Crippen LogP contribution in [0.3, 0.4) is 0 Å². The van der Waals surface area contributed by atoms with Crippen molar-refractivity contribution < 1.29 is 18.0 Å². The van der Waals surface area contributed by atoms with Gasteiger partial charge in [0, 0.05) is 13.6 Å². The Kier molecular flexibility index (Phi) is 5.43. The highest BCUT2D eigenvalue weighted by Gasteiger charge is 2.30. The van der Waals surface area contributed by atoms with E-state index in [1.165, 1.54) is 21.8 Å². The predicted octanol–water partition coefficient (Wildman–Crippen LogP) is 2.23. The summed E-state index contributed by atoms with van der Waals surface area (Å²) in [6.07, 6.45) is -1.43. The largest absolute Gasteiger partial charge is 0.416 e. The summed E-state index contributed by atoms with van der Waals surface area (Å²) in [4.78, 5) is 14.0. The van der Waals surface area contributed by atoms with Crippen molar-refractivity contribution in [1.29, 1.82) is 0 Å². The number of benzene rings is 1. The number of amides is 1. The van der Waals surface area contributed by atoms with E-state index in [0.29, 0.717) is 17.9 Å². The van der Waals surface area contributed by atoms with Crippen LogP contribution in [-0.2, 0) is 25.8 Å². The van der Waals surface area contributed by atoms with Gasteiger partial charge in [-0.15, -0.1) is 15.3 Å². The molecule has 3 rings (SSSR count). The van der Waals surface area contributed by atoms with E-state index in [2.05, 4.69) is 20.5 Å². The van der Waals surface area contributed by atoms with E-state index >= 15 is 0 Å². The molecular formula is C17H18F3N7O. The number of nitrogens with zero attached hydrogens (tertiary/aromatic N) is 7. The molecule has 2 aromatic heterocycles. The molecule has 0 unspecified atom stereocenters. The van der Waals surface area contributed by atoms with Gasteiger partial charge in [0.15, 0.2) is 11.5 Å². The summed E-state index contributed by atoms with van der Waals surface area (Å²) in [5.74, 6) is 0.260. The van der Waals surface area contributed by atoms with Gasteiger partial charge in [-0.1, -0.05) is 17.3 Å². The second-order valence-corrected chi connectivity index (χ2v) is 6.19. The summed E-state index contributed by atoms with van der Waals surface area (Å²) in [6.45, 7) is 2.93. The monoisotopic (exact) mass is 393 g/mol. The molecule has 0 N–H and O–H groups in total. The van der Waals surface area contributed by atoms with Crippen LogP contribution in [-0.4, -0.2) is 47.6 Å². The molecule has 0 radical (unpaired) electrons. The Morgan fingerprint density at radius 1 is 1.25 bits per heavy atom. The number of hydrogen-bond donors (Lipinski definition) is 0. The van der Waals surface area contributed by atoms with E-state index in [9.17, 15) is 18.0 Å². The zero-order chi connectivity index (χ0) is 20.3. The van der Waals surface area contributed by atoms with Crippen LogP contribution in [0.5, 0.6) is 0 Å². The minimum atomic E-state index is -4.42. The Morgan fingerprint density at radius 2 is 2.04 bits per heavy atom. The van der Waals surface area contributed by atoms with Gasteiger partial charge in [0.05, 0.1) is 24.8 Å². The quantitative estimate of drug-likeness (QED) is 0.642. The molecule has 148 valence electrons. The van der Waals surface area contributed by atoms with Crippen molar-refractivity contribution in [2.24, 2.45) is 0 Å². The lowest BCUT2D eigenvalue weighted by atomic mass is 10.1. The molecule has 0 saturated heterocycles. The summed E-state index contributed by atoms with van der Waals surface area (Å²) in [5.41, 5.74) is -0.235. The summed E-state index contributed by atoms with van der Waals surface area (Å²) < 4.78 is 41.6. The predicted molar refractivity (Wildman–Crippen MR) is 92.1 cm³/mol. The van der Waals surface area contributed by atoms with Crippen LogP contribution >= 0.6 is 0 Å². The Bertz CT molecular complexity index is 964. The lowest BCUT2D eigenvalue weighted by molar-refractivity contribution is -0.137. The van der Waals surface area contributed by atoms with E-state index < -0.39 is 11.7 Å². The third-order valence-electron chi connectivity index (χ3n) is 4.12. The van der Waals surface area contributed by atoms with Crippen molar-refractivity contribution in [2.75, 3.05) is 7.05 Å². The molecule has 28 heavy (non-hydrogen) atoms. The number of carbonyl (C=O) groups is 1. The highest BCUT2D eigenvalue weighted by molar-refractivity contribution is 5.91. The standard InChI is InChI=1S/C17H18F3N7O/c1-3-26-11-21-23-15(26)10-25(2)16(28)14-9-27(24-22-14)8-12-5-4-6-13(7-12)17(18,19)20/h4-7,9,11H,3,8,10H2,1-2H3. The molecule has 2 heterocycles. The van der Waals surface area contributed by atoms with Crippen molar-refractivity contribution in [1.82, 2.24) is 34.7 Å². The molecule has 11 heteroatoms. The summed E-state index contributed by atoms with van der Waals surface area (Å²) in [5, 5.41) is 15.5. The van der Waals surface area contributed by atoms with Crippen LogP contribution in [0.15, 0.2) is 36.8 Å². The third-order valence-corrected chi connectivity index (χ3v) is 4.12. The van der Waals surface area contributed by atoms with E-state index in [1.54, 1.807) is 19.4 Å². The number of hydrogen-bond acceptors (Lipinski definition) is 5. The number of alkyl halides is 3. The van der Waals surface area contributed by atoms with Gasteiger partial charge < -0.3 is 9.47 Å². The van der Waals surface area contributed by atoms with Gasteiger partial charge in [0.2, 0.25) is 0 Å². The van der Waals surface area contributed by atoms with Gasteiger partial charge in [-0.05, 0) is 24.6 Å². The molecule has 0 bridgehead atoms. The Hall–Kier alpha value is -3.24. The topological polar surface area (TPSA) is 81.7 Å². The first-order valence-electron chi connectivity index (χ1n) is 8.46. The zero-order valence-electron chi connectivity index (χ0n) is 15.3. The molecule has 0 aliphatic carbocycles. The molecule has 0 aliphatic rings. The molecule has 0 aliphatic heterocycles. The summed E-state index contributed by atoms with van der Waals surface area (Å²) in [7, 11) is 1.60. The fourth-order valence-electron chi connectivity index (χ4n) is 2.65. The maximum absolute atomic E-state index is 12.8. The first-order chi connectivity index (χ1) is 13.3. The molecule has 3 aromatic rings. The van der Waals surface area contributed by atoms with Crippen molar-refractivity contribution in [3.8, 4) is 0 Å². The summed E-state index contributed by atoms with van der Waals surface area (Å²) in [6, 6.07) is 4.94. The average Bonchev–Trinajstić information content (AvgIpc) is 3.29. The molecule has 0 atom stereocenters. The second kappa shape index (κ2) is 7.79. The Morgan fingerprint density at radius 3 is 2.75 bits per heavy atom. The molecule has 8 nitrogen and oxygen atoms in total. The minimum absolute atomic E-state index is 0.0675. The summed E-state index contributed by atoms with van der Waals surface area (Å²) >= 11 is 0. The normalized spacial score (nSPS) is 11.6. The fraction of sp³-hybridized carbons (Fsp3) is 0.353. The van der Waals surface area contributed by atoms with Gasteiger partial charge >= 0.3 is 6.18 Å². The Balaban J connectivity index is 1.69. The first kappa shape index (κ1) is 19.5. The van der Waals surface area contributed by atoms with Gasteiger partial charge in [-0.25, -0.2) is 4.68 Å². The lowest BCUT2D eigenvalue weighted by Gasteiger charge is -2.15. The first-order valence-corrected chi connectivity index (χ1v) is 8.46. The smallest absolute Gasteiger partial charge is 0.333 e. The molecule has 0 fully saturated rings. The highest BCUT2D eigenvalue weighted by Crippen LogP contribution is 2.29. The van der Waals surface area contributed by atoms with Crippen LogP contribution in [0.2, 0.25) is 0 Å². The van der Waals surface area contributed by atoms with Crippen molar-refractivity contribution in [2.45, 2.75) is 32.7 Å². The van der Waals surface area contributed by atoms with Gasteiger partial charge in [0.25, 0.3) is 5.91 Å². The third kappa shape index (κ3) is 4.35. The number of halogens is 3. The number of aryl methyl sites for hydroxylation is 1. The SMILES string of the molecule is CCn1cnnc1CN(C)C(=O)c1cn(Cc2cccc(C(F)(F)F)c2)nn1. The maximum atomic E-state index is 12.8. The van der Waals surface area contributed by atoms with E-state index in [4.69, 9.17) is 0 Å². The van der Waals surface area contributed by atoms with Crippen LogP contribution < -0.4 is 0 Å². The van der Waals surface area contributed by atoms with Crippen LogP contribution in [0.4, 0.5) is 13.2 Å². The second-order valence-electron chi connectivity index (χ2n) is 6.19. The lowest BCUT2D eigenvalue weighted by Crippen LogP contribution is -2.28. The molecule has 1 amide bonds. The fourth-order valence-corrected chi connectivity index (χ4v) is 2.65. The van der Waals surface area contributed by atoms with Gasteiger partial charge in [-0.3, -0.25) is 4.79 Å². The van der Waals surface area contributed by atoms with Crippen LogP contribution in [0, 0.1) is 0 Å². The number of rotatable bonds is 6. The van der Waals surface area contributed by atoms with Crippen molar-refractivity contribution in [3.63, 3.8) is 0 Å². The van der Waals surface area contributed by atoms with E-state index in [0.717, 1.165) is 12.1 Å². The van der Waals surface area contributed by atoms with Crippen molar-refractivity contribution >= 4 is 5.91 Å². The van der Waals surface area contributed by atoms with Crippen LogP contribution in [0.1, 0.15) is 34.4 Å². The average molecular weight is 393 g/mol. The number of aromatic nitrogens is 6. The molecule has 1 aromatic carbocycles.